The number of nitrogens with two attached hydrogens (primary N) is 1. The van der Waals surface area contributed by atoms with Crippen LogP contribution in [0.5, 0.6) is 5.75 Å². The molecule has 2 atom stereocenters. The molecule has 0 saturated carbocycles. The lowest BCUT2D eigenvalue weighted by atomic mass is 9.99. The van der Waals surface area contributed by atoms with Crippen molar-refractivity contribution >= 4 is 17.5 Å². The zero-order chi connectivity index (χ0) is 18.9. The number of carbonyl (C=O) groups is 1. The number of likely N-dealkylation sites (tertiary alicyclic amines) is 1. The molecule has 7 heteroatoms. The standard InChI is InChI=1S/C19H28ClN3O3/c1-19(2)10-12-8-13(20)9-14(17(12)26-19)18(24)22-15-4-6-23(7-5-21)11-16(15)25-3/h8-9,15-16H,4-7,10-11,21H2,1-3H3,(H,22,24). The second-order valence-electron chi connectivity index (χ2n) is 7.71. The number of nitrogens with one attached hydrogen (secondary N) is 1. The average Bonchev–Trinajstić information content (AvgIpc) is 2.89. The summed E-state index contributed by atoms with van der Waals surface area (Å²) in [6.45, 7) is 7.13. The monoisotopic (exact) mass is 381 g/mol. The summed E-state index contributed by atoms with van der Waals surface area (Å²) < 4.78 is 11.6. The van der Waals surface area contributed by atoms with Crippen LogP contribution in [0.25, 0.3) is 0 Å². The summed E-state index contributed by atoms with van der Waals surface area (Å²) in [7, 11) is 1.68. The van der Waals surface area contributed by atoms with E-state index in [1.54, 1.807) is 13.2 Å². The van der Waals surface area contributed by atoms with Crippen LogP contribution < -0.4 is 15.8 Å². The van der Waals surface area contributed by atoms with E-state index in [9.17, 15) is 4.79 Å². The first kappa shape index (κ1) is 19.4. The molecule has 3 rings (SSSR count). The normalized spacial score (nSPS) is 24.8. The number of fused-ring (bicyclic) bond motifs is 1. The Morgan fingerprint density at radius 3 is 2.96 bits per heavy atom. The maximum atomic E-state index is 13.0. The van der Waals surface area contributed by atoms with E-state index in [2.05, 4.69) is 10.2 Å². The Labute approximate surface area is 160 Å². The molecule has 2 heterocycles. The minimum Gasteiger partial charge on any atom is -0.486 e. The number of halogens is 1. The molecule has 26 heavy (non-hydrogen) atoms. The Kier molecular flexibility index (Phi) is 5.77. The highest BCUT2D eigenvalue weighted by Crippen LogP contribution is 2.39. The van der Waals surface area contributed by atoms with Crippen molar-refractivity contribution in [3.8, 4) is 5.75 Å². The Morgan fingerprint density at radius 2 is 2.27 bits per heavy atom. The first-order chi connectivity index (χ1) is 12.3. The molecule has 2 aliphatic rings. The number of hydrogen-bond donors (Lipinski definition) is 2. The first-order valence-corrected chi connectivity index (χ1v) is 9.48. The van der Waals surface area contributed by atoms with Crippen LogP contribution in [0.15, 0.2) is 12.1 Å². The van der Waals surface area contributed by atoms with Gasteiger partial charge in [0.2, 0.25) is 0 Å². The zero-order valence-electron chi connectivity index (χ0n) is 15.7. The number of rotatable bonds is 5. The third-order valence-corrected chi connectivity index (χ3v) is 5.30. The van der Waals surface area contributed by atoms with Gasteiger partial charge in [0.05, 0.1) is 17.7 Å². The molecule has 0 aliphatic carbocycles. The lowest BCUT2D eigenvalue weighted by molar-refractivity contribution is 0.00731. The van der Waals surface area contributed by atoms with Crippen molar-refractivity contribution in [1.82, 2.24) is 10.2 Å². The predicted octanol–water partition coefficient (Wildman–Crippen LogP) is 1.83. The number of amides is 1. The molecule has 1 saturated heterocycles. The molecule has 0 aromatic heterocycles. The minimum absolute atomic E-state index is 0.0504. The van der Waals surface area contributed by atoms with Gasteiger partial charge in [0.15, 0.2) is 0 Å². The van der Waals surface area contributed by atoms with Crippen molar-refractivity contribution in [2.24, 2.45) is 5.73 Å². The summed E-state index contributed by atoms with van der Waals surface area (Å²) in [6, 6.07) is 3.51. The van der Waals surface area contributed by atoms with Gasteiger partial charge in [0.25, 0.3) is 5.91 Å². The van der Waals surface area contributed by atoms with E-state index >= 15 is 0 Å². The molecule has 3 N–H and O–H groups in total. The lowest BCUT2D eigenvalue weighted by Crippen LogP contribution is -2.55. The summed E-state index contributed by atoms with van der Waals surface area (Å²) in [5, 5.41) is 3.67. The van der Waals surface area contributed by atoms with Crippen LogP contribution in [0.3, 0.4) is 0 Å². The van der Waals surface area contributed by atoms with E-state index in [0.717, 1.165) is 38.0 Å². The number of piperidine rings is 1. The van der Waals surface area contributed by atoms with E-state index < -0.39 is 0 Å². The zero-order valence-corrected chi connectivity index (χ0v) is 16.4. The maximum Gasteiger partial charge on any atom is 0.255 e. The number of hydrogen-bond acceptors (Lipinski definition) is 5. The van der Waals surface area contributed by atoms with E-state index in [-0.39, 0.29) is 23.7 Å². The van der Waals surface area contributed by atoms with Crippen molar-refractivity contribution in [2.45, 2.75) is 44.4 Å². The van der Waals surface area contributed by atoms with Gasteiger partial charge in [-0.15, -0.1) is 0 Å². The fourth-order valence-corrected chi connectivity index (χ4v) is 4.10. The molecule has 1 aromatic rings. The van der Waals surface area contributed by atoms with Gasteiger partial charge in [-0.3, -0.25) is 9.69 Å². The largest absolute Gasteiger partial charge is 0.486 e. The first-order valence-electron chi connectivity index (χ1n) is 9.10. The Hall–Kier alpha value is -1.34. The lowest BCUT2D eigenvalue weighted by Gasteiger charge is -2.38. The average molecular weight is 382 g/mol. The van der Waals surface area contributed by atoms with Crippen LogP contribution in [0.1, 0.15) is 36.2 Å². The fourth-order valence-electron chi connectivity index (χ4n) is 3.86. The van der Waals surface area contributed by atoms with Gasteiger partial charge in [0.1, 0.15) is 11.4 Å². The van der Waals surface area contributed by atoms with E-state index in [0.29, 0.717) is 22.9 Å². The van der Waals surface area contributed by atoms with Gasteiger partial charge >= 0.3 is 0 Å². The van der Waals surface area contributed by atoms with Crippen molar-refractivity contribution in [1.29, 1.82) is 0 Å². The minimum atomic E-state index is -0.329. The second-order valence-corrected chi connectivity index (χ2v) is 8.15. The van der Waals surface area contributed by atoms with Crippen molar-refractivity contribution in [3.63, 3.8) is 0 Å². The van der Waals surface area contributed by atoms with E-state index in [1.165, 1.54) is 0 Å². The van der Waals surface area contributed by atoms with Gasteiger partial charge in [-0.2, -0.15) is 0 Å². The highest BCUT2D eigenvalue weighted by Gasteiger charge is 2.35. The van der Waals surface area contributed by atoms with Crippen molar-refractivity contribution in [3.05, 3.63) is 28.3 Å². The maximum absolute atomic E-state index is 13.0. The van der Waals surface area contributed by atoms with Gasteiger partial charge in [-0.25, -0.2) is 0 Å². The van der Waals surface area contributed by atoms with Gasteiger partial charge in [-0.1, -0.05) is 11.6 Å². The summed E-state index contributed by atoms with van der Waals surface area (Å²) in [6.07, 6.45) is 1.49. The molecule has 1 amide bonds. The molecule has 1 fully saturated rings. The third-order valence-electron chi connectivity index (χ3n) is 5.08. The number of methoxy groups -OCH3 is 1. The highest BCUT2D eigenvalue weighted by molar-refractivity contribution is 6.31. The van der Waals surface area contributed by atoms with Gasteiger partial charge in [-0.05, 0) is 32.4 Å². The summed E-state index contributed by atoms with van der Waals surface area (Å²) in [5.41, 5.74) is 6.80. The van der Waals surface area contributed by atoms with Crippen LogP contribution in [0.2, 0.25) is 5.02 Å². The molecule has 0 radical (unpaired) electrons. The molecule has 2 unspecified atom stereocenters. The summed E-state index contributed by atoms with van der Waals surface area (Å²) >= 11 is 6.24. The molecular weight excluding hydrogens is 354 g/mol. The molecular formula is C19H28ClN3O3. The Bertz CT molecular complexity index is 680. The second kappa shape index (κ2) is 7.72. The molecule has 0 spiro atoms. The Morgan fingerprint density at radius 1 is 1.50 bits per heavy atom. The fraction of sp³-hybridized carbons (Fsp3) is 0.632. The van der Waals surface area contributed by atoms with Gasteiger partial charge < -0.3 is 20.5 Å². The van der Waals surface area contributed by atoms with Crippen molar-refractivity contribution < 1.29 is 14.3 Å². The van der Waals surface area contributed by atoms with E-state index in [1.807, 2.05) is 19.9 Å². The van der Waals surface area contributed by atoms with E-state index in [4.69, 9.17) is 26.8 Å². The van der Waals surface area contributed by atoms with Crippen LogP contribution in [-0.4, -0.2) is 61.8 Å². The quantitative estimate of drug-likeness (QED) is 0.813. The van der Waals surface area contributed by atoms with Crippen molar-refractivity contribution in [2.75, 3.05) is 33.3 Å². The smallest absolute Gasteiger partial charge is 0.255 e. The number of carbonyl (C=O) groups excluding carboxylic acids is 1. The summed E-state index contributed by atoms with van der Waals surface area (Å²) in [4.78, 5) is 15.2. The van der Waals surface area contributed by atoms with Crippen LogP contribution >= 0.6 is 11.6 Å². The van der Waals surface area contributed by atoms with Crippen LogP contribution in [-0.2, 0) is 11.2 Å². The predicted molar refractivity (Wildman–Crippen MR) is 102 cm³/mol. The summed E-state index contributed by atoms with van der Waals surface area (Å²) in [5.74, 6) is 0.479. The molecule has 6 nitrogen and oxygen atoms in total. The molecule has 1 aromatic carbocycles. The van der Waals surface area contributed by atoms with Gasteiger partial charge in [0, 0.05) is 50.3 Å². The number of benzene rings is 1. The molecule has 2 aliphatic heterocycles. The molecule has 144 valence electrons. The number of nitrogens with zero attached hydrogens (tertiary/aromatic N) is 1. The third kappa shape index (κ3) is 4.14. The molecule has 0 bridgehead atoms. The highest BCUT2D eigenvalue weighted by atomic mass is 35.5. The van der Waals surface area contributed by atoms with Crippen LogP contribution in [0, 0.1) is 0 Å². The SMILES string of the molecule is COC1CN(CCN)CCC1NC(=O)c1cc(Cl)cc2c1OC(C)(C)C2. The number of ether oxygens (including phenoxy) is 2. The topological polar surface area (TPSA) is 76.8 Å². The Balaban J connectivity index is 1.75. The van der Waals surface area contributed by atoms with Crippen LogP contribution in [0.4, 0.5) is 0 Å².